The van der Waals surface area contributed by atoms with Crippen LogP contribution < -0.4 is 4.74 Å². The van der Waals surface area contributed by atoms with E-state index in [2.05, 4.69) is 9.97 Å². The van der Waals surface area contributed by atoms with Crippen LogP contribution in [0.2, 0.25) is 0 Å². The molecular formula is C17H11FN2O2. The minimum absolute atomic E-state index is 0.320. The van der Waals surface area contributed by atoms with Crippen molar-refractivity contribution >= 4 is 6.29 Å². The van der Waals surface area contributed by atoms with Crippen molar-refractivity contribution in [2.24, 2.45) is 0 Å². The molecule has 0 amide bonds. The van der Waals surface area contributed by atoms with E-state index in [0.29, 0.717) is 35.0 Å². The number of nitrogens with one attached hydrogen (secondary N) is 1. The molecule has 1 aliphatic heterocycles. The fourth-order valence-corrected chi connectivity index (χ4v) is 2.62. The molecule has 0 aliphatic carbocycles. The van der Waals surface area contributed by atoms with Gasteiger partial charge in [-0.1, -0.05) is 24.3 Å². The smallest absolute Gasteiger partial charge is 0.241 e. The van der Waals surface area contributed by atoms with Gasteiger partial charge in [0.05, 0.1) is 11.3 Å². The highest BCUT2D eigenvalue weighted by Crippen LogP contribution is 2.38. The summed E-state index contributed by atoms with van der Waals surface area (Å²) in [7, 11) is 0. The fourth-order valence-electron chi connectivity index (χ4n) is 2.62. The summed E-state index contributed by atoms with van der Waals surface area (Å²) in [5.74, 6) is 1.20. The number of H-pyrrole nitrogens is 1. The first-order valence-electron chi connectivity index (χ1n) is 6.84. The fraction of sp³-hybridized carbons (Fsp3) is 0.0588. The molecule has 108 valence electrons. The molecule has 1 aromatic heterocycles. The van der Waals surface area contributed by atoms with Crippen LogP contribution in [0.4, 0.5) is 4.39 Å². The number of aromatic nitrogens is 2. The van der Waals surface area contributed by atoms with Gasteiger partial charge in [-0.2, -0.15) is 4.98 Å². The summed E-state index contributed by atoms with van der Waals surface area (Å²) in [6.45, 7) is 0. The van der Waals surface area contributed by atoms with Gasteiger partial charge in [-0.05, 0) is 18.2 Å². The third-order valence-corrected chi connectivity index (χ3v) is 3.66. The largest absolute Gasteiger partial charge is 0.436 e. The van der Waals surface area contributed by atoms with Gasteiger partial charge in [-0.15, -0.1) is 0 Å². The SMILES string of the molecule is O=Cc1cccc2c1Oc1nc(-c3cccc(F)c3)[nH]c1C2. The van der Waals surface area contributed by atoms with E-state index >= 15 is 0 Å². The number of hydrogen-bond donors (Lipinski definition) is 1. The predicted octanol–water partition coefficient (Wildman–Crippen LogP) is 3.72. The van der Waals surface area contributed by atoms with Gasteiger partial charge >= 0.3 is 0 Å². The van der Waals surface area contributed by atoms with E-state index < -0.39 is 0 Å². The number of benzene rings is 2. The molecule has 0 bridgehead atoms. The highest BCUT2D eigenvalue weighted by Gasteiger charge is 2.23. The van der Waals surface area contributed by atoms with Gasteiger partial charge in [0.2, 0.25) is 5.88 Å². The molecule has 2 aromatic carbocycles. The number of hydrogen-bond acceptors (Lipinski definition) is 3. The zero-order valence-corrected chi connectivity index (χ0v) is 11.5. The molecule has 4 rings (SSSR count). The van der Waals surface area contributed by atoms with E-state index in [1.807, 2.05) is 12.1 Å². The topological polar surface area (TPSA) is 55.0 Å². The van der Waals surface area contributed by atoms with Crippen LogP contribution in [-0.2, 0) is 6.42 Å². The average molecular weight is 294 g/mol. The second-order valence-electron chi connectivity index (χ2n) is 5.11. The zero-order chi connectivity index (χ0) is 15.1. The Kier molecular flexibility index (Phi) is 2.79. The van der Waals surface area contributed by atoms with E-state index in [0.717, 1.165) is 17.5 Å². The lowest BCUT2D eigenvalue weighted by Gasteiger charge is -2.16. The minimum Gasteiger partial charge on any atom is -0.436 e. The monoisotopic (exact) mass is 294 g/mol. The molecule has 5 heteroatoms. The maximum Gasteiger partial charge on any atom is 0.241 e. The van der Waals surface area contributed by atoms with Crippen molar-refractivity contribution in [2.75, 3.05) is 0 Å². The first-order chi connectivity index (χ1) is 10.7. The highest BCUT2D eigenvalue weighted by atomic mass is 19.1. The van der Waals surface area contributed by atoms with Crippen molar-refractivity contribution < 1.29 is 13.9 Å². The van der Waals surface area contributed by atoms with E-state index in [4.69, 9.17) is 4.74 Å². The Morgan fingerprint density at radius 3 is 2.91 bits per heavy atom. The number of ether oxygens (including phenoxy) is 1. The zero-order valence-electron chi connectivity index (χ0n) is 11.5. The van der Waals surface area contributed by atoms with Gasteiger partial charge in [0.15, 0.2) is 6.29 Å². The van der Waals surface area contributed by atoms with E-state index in [9.17, 15) is 9.18 Å². The summed E-state index contributed by atoms with van der Waals surface area (Å²) in [5, 5.41) is 0. The summed E-state index contributed by atoms with van der Waals surface area (Å²) in [4.78, 5) is 18.6. The Hall–Kier alpha value is -2.95. The normalized spacial score (nSPS) is 12.2. The maximum atomic E-state index is 13.3. The van der Waals surface area contributed by atoms with Crippen molar-refractivity contribution in [1.82, 2.24) is 9.97 Å². The van der Waals surface area contributed by atoms with Crippen molar-refractivity contribution in [2.45, 2.75) is 6.42 Å². The number of para-hydroxylation sites is 1. The number of nitrogens with zero attached hydrogens (tertiary/aromatic N) is 1. The van der Waals surface area contributed by atoms with E-state index in [1.54, 1.807) is 18.2 Å². The van der Waals surface area contributed by atoms with Gasteiger partial charge < -0.3 is 9.72 Å². The van der Waals surface area contributed by atoms with Crippen LogP contribution in [0.5, 0.6) is 11.6 Å². The average Bonchev–Trinajstić information content (AvgIpc) is 2.95. The third-order valence-electron chi connectivity index (χ3n) is 3.66. The van der Waals surface area contributed by atoms with Crippen LogP contribution >= 0.6 is 0 Å². The molecule has 22 heavy (non-hydrogen) atoms. The highest BCUT2D eigenvalue weighted by molar-refractivity contribution is 5.81. The Balaban J connectivity index is 1.77. The van der Waals surface area contributed by atoms with Crippen LogP contribution in [0.1, 0.15) is 21.6 Å². The van der Waals surface area contributed by atoms with Gasteiger partial charge in [0, 0.05) is 17.5 Å². The number of imidazole rings is 1. The molecule has 0 fully saturated rings. The summed E-state index contributed by atoms with van der Waals surface area (Å²) < 4.78 is 19.1. The molecule has 0 atom stereocenters. The van der Waals surface area contributed by atoms with Gasteiger partial charge in [-0.3, -0.25) is 4.79 Å². The van der Waals surface area contributed by atoms with E-state index in [-0.39, 0.29) is 5.82 Å². The summed E-state index contributed by atoms with van der Waals surface area (Å²) >= 11 is 0. The third kappa shape index (κ3) is 1.98. The van der Waals surface area contributed by atoms with Crippen LogP contribution in [0.3, 0.4) is 0 Å². The molecule has 0 saturated heterocycles. The molecule has 2 heterocycles. The van der Waals surface area contributed by atoms with Crippen molar-refractivity contribution in [3.05, 3.63) is 65.1 Å². The lowest BCUT2D eigenvalue weighted by Crippen LogP contribution is -2.04. The molecule has 0 unspecified atom stereocenters. The molecule has 3 aromatic rings. The maximum absolute atomic E-state index is 13.3. The number of aromatic amines is 1. The Morgan fingerprint density at radius 2 is 2.09 bits per heavy atom. The molecule has 1 N–H and O–H groups in total. The lowest BCUT2D eigenvalue weighted by molar-refractivity contribution is 0.112. The summed E-state index contributed by atoms with van der Waals surface area (Å²) in [6, 6.07) is 11.6. The Labute approximate surface area is 125 Å². The standard InChI is InChI=1S/C17H11FN2O2/c18-13-6-2-4-11(7-13)16-19-14-8-10-3-1-5-12(9-21)15(10)22-17(14)20-16/h1-7,9H,8H2,(H,19,20). The van der Waals surface area contributed by atoms with Gasteiger partial charge in [0.1, 0.15) is 17.4 Å². The van der Waals surface area contributed by atoms with Crippen LogP contribution in [0.15, 0.2) is 42.5 Å². The first-order valence-corrected chi connectivity index (χ1v) is 6.84. The van der Waals surface area contributed by atoms with Gasteiger partial charge in [0.25, 0.3) is 0 Å². The molecule has 0 spiro atoms. The quantitative estimate of drug-likeness (QED) is 0.573. The number of halogens is 1. The molecular weight excluding hydrogens is 283 g/mol. The summed E-state index contributed by atoms with van der Waals surface area (Å²) in [5.41, 5.74) is 2.89. The van der Waals surface area contributed by atoms with Crippen LogP contribution in [-0.4, -0.2) is 16.3 Å². The number of carbonyl (C=O) groups is 1. The molecule has 0 saturated carbocycles. The van der Waals surface area contributed by atoms with Crippen molar-refractivity contribution in [3.8, 4) is 23.0 Å². The summed E-state index contributed by atoms with van der Waals surface area (Å²) in [6.07, 6.45) is 1.36. The van der Waals surface area contributed by atoms with Crippen LogP contribution in [0, 0.1) is 5.82 Å². The number of fused-ring (bicyclic) bond motifs is 2. The van der Waals surface area contributed by atoms with Crippen molar-refractivity contribution in [1.29, 1.82) is 0 Å². The Morgan fingerprint density at radius 1 is 1.23 bits per heavy atom. The number of aldehydes is 1. The second-order valence-corrected chi connectivity index (χ2v) is 5.11. The second kappa shape index (κ2) is 4.80. The molecule has 0 radical (unpaired) electrons. The number of rotatable bonds is 2. The molecule has 1 aliphatic rings. The van der Waals surface area contributed by atoms with Gasteiger partial charge in [-0.25, -0.2) is 4.39 Å². The first kappa shape index (κ1) is 12.8. The Bertz CT molecular complexity index is 886. The van der Waals surface area contributed by atoms with Crippen molar-refractivity contribution in [3.63, 3.8) is 0 Å². The van der Waals surface area contributed by atoms with E-state index in [1.165, 1.54) is 12.1 Å². The molecule has 4 nitrogen and oxygen atoms in total. The lowest BCUT2D eigenvalue weighted by atomic mass is 10.0. The number of carbonyl (C=O) groups excluding carboxylic acids is 1. The van der Waals surface area contributed by atoms with Crippen LogP contribution in [0.25, 0.3) is 11.4 Å². The predicted molar refractivity (Wildman–Crippen MR) is 78.7 cm³/mol. The minimum atomic E-state index is -0.320.